The van der Waals surface area contributed by atoms with Crippen molar-refractivity contribution < 1.29 is 19.4 Å². The van der Waals surface area contributed by atoms with Gasteiger partial charge in [-0.15, -0.1) is 0 Å². The first-order valence-electron chi connectivity index (χ1n) is 13.2. The first-order valence-corrected chi connectivity index (χ1v) is 13.2. The molecule has 7 atom stereocenters. The molecule has 0 amide bonds. The Kier molecular flexibility index (Phi) is 5.80. The predicted molar refractivity (Wildman–Crippen MR) is 133 cm³/mol. The summed E-state index contributed by atoms with van der Waals surface area (Å²) in [6, 6.07) is 7.85. The van der Waals surface area contributed by atoms with Gasteiger partial charge in [0.2, 0.25) is 0 Å². The van der Waals surface area contributed by atoms with Gasteiger partial charge in [0.05, 0.1) is 13.7 Å². The van der Waals surface area contributed by atoms with Crippen LogP contribution in [0.15, 0.2) is 35.9 Å². The highest BCUT2D eigenvalue weighted by atomic mass is 16.6. The molecule has 4 aliphatic rings. The van der Waals surface area contributed by atoms with Crippen LogP contribution in [-0.4, -0.2) is 23.8 Å². The number of aliphatic hydroxyl groups is 1. The first kappa shape index (κ1) is 24.1. The Morgan fingerprint density at radius 2 is 1.74 bits per heavy atom. The molecule has 4 aliphatic carbocycles. The number of Topliss-reactive ketones (excluding diaryl/α,β-unsaturated/α-hetero) is 1. The summed E-state index contributed by atoms with van der Waals surface area (Å²) in [4.78, 5) is 12.7. The van der Waals surface area contributed by atoms with E-state index in [1.165, 1.54) is 18.4 Å². The van der Waals surface area contributed by atoms with Gasteiger partial charge in [0.15, 0.2) is 5.79 Å². The normalized spacial score (nSPS) is 43.4. The fourth-order valence-electron chi connectivity index (χ4n) is 8.53. The van der Waals surface area contributed by atoms with Gasteiger partial charge in [-0.25, -0.2) is 0 Å². The summed E-state index contributed by atoms with van der Waals surface area (Å²) in [5.74, 6) is 2.04. The van der Waals surface area contributed by atoms with E-state index in [1.54, 1.807) is 7.11 Å². The molecule has 1 aromatic rings. The molecule has 1 N–H and O–H groups in total. The molecule has 4 nitrogen and oxygen atoms in total. The Morgan fingerprint density at radius 3 is 2.41 bits per heavy atom. The lowest BCUT2D eigenvalue weighted by atomic mass is 9.45. The minimum Gasteiger partial charge on any atom is -0.497 e. The zero-order valence-electron chi connectivity index (χ0n) is 21.7. The molecule has 0 aromatic heterocycles. The van der Waals surface area contributed by atoms with Gasteiger partial charge in [-0.05, 0) is 91.7 Å². The van der Waals surface area contributed by atoms with Crippen LogP contribution < -0.4 is 4.74 Å². The molecular weight excluding hydrogens is 424 g/mol. The number of hydrogen-bond acceptors (Lipinski definition) is 4. The third-order valence-electron chi connectivity index (χ3n) is 11.2. The van der Waals surface area contributed by atoms with E-state index in [9.17, 15) is 9.90 Å². The number of carbonyl (C=O) groups is 1. The second kappa shape index (κ2) is 8.20. The topological polar surface area (TPSA) is 55.8 Å². The summed E-state index contributed by atoms with van der Waals surface area (Å²) >= 11 is 0. The van der Waals surface area contributed by atoms with Crippen molar-refractivity contribution in [1.29, 1.82) is 0 Å². The monoisotopic (exact) mass is 466 g/mol. The van der Waals surface area contributed by atoms with Crippen LogP contribution in [0.3, 0.4) is 0 Å². The lowest BCUT2D eigenvalue weighted by molar-refractivity contribution is -0.231. The second-order valence-corrected chi connectivity index (χ2v) is 12.4. The molecule has 4 heteroatoms. The van der Waals surface area contributed by atoms with Gasteiger partial charge in [0.1, 0.15) is 11.5 Å². The van der Waals surface area contributed by atoms with Crippen LogP contribution >= 0.6 is 0 Å². The van der Waals surface area contributed by atoms with E-state index < -0.39 is 5.79 Å². The number of carbonyl (C=O) groups excluding carboxylic acids is 1. The van der Waals surface area contributed by atoms with Crippen LogP contribution in [0.5, 0.6) is 5.75 Å². The van der Waals surface area contributed by atoms with Crippen LogP contribution in [0.1, 0.15) is 84.6 Å². The lowest BCUT2D eigenvalue weighted by Crippen LogP contribution is -2.54. The molecule has 34 heavy (non-hydrogen) atoms. The summed E-state index contributed by atoms with van der Waals surface area (Å²) < 4.78 is 11.4. The molecule has 0 heterocycles. The van der Waals surface area contributed by atoms with Gasteiger partial charge in [0.25, 0.3) is 0 Å². The van der Waals surface area contributed by atoms with E-state index in [1.807, 2.05) is 31.2 Å². The van der Waals surface area contributed by atoms with Crippen LogP contribution in [0.2, 0.25) is 0 Å². The molecular formula is C30H42O4. The van der Waals surface area contributed by atoms with E-state index in [0.29, 0.717) is 43.0 Å². The fourth-order valence-corrected chi connectivity index (χ4v) is 8.53. The number of ether oxygens (including phenoxy) is 2. The molecule has 5 rings (SSSR count). The Morgan fingerprint density at radius 1 is 1.03 bits per heavy atom. The number of fused-ring (bicyclic) bond motifs is 5. The van der Waals surface area contributed by atoms with Crippen LogP contribution in [-0.2, 0) is 16.1 Å². The van der Waals surface area contributed by atoms with Crippen molar-refractivity contribution in [3.8, 4) is 5.75 Å². The number of hydrogen-bond donors (Lipinski definition) is 1. The molecule has 0 radical (unpaired) electrons. The number of methoxy groups -OCH3 is 1. The maximum Gasteiger partial charge on any atom is 0.169 e. The predicted octanol–water partition coefficient (Wildman–Crippen LogP) is 6.46. The summed E-state index contributed by atoms with van der Waals surface area (Å²) in [5, 5.41) is 11.4. The maximum atomic E-state index is 12.7. The van der Waals surface area contributed by atoms with Gasteiger partial charge in [0, 0.05) is 18.3 Å². The average molecular weight is 467 g/mol. The van der Waals surface area contributed by atoms with Crippen LogP contribution in [0.4, 0.5) is 0 Å². The highest BCUT2D eigenvalue weighted by molar-refractivity contribution is 5.83. The summed E-state index contributed by atoms with van der Waals surface area (Å²) in [6.45, 7) is 9.31. The Hall–Kier alpha value is -1.65. The van der Waals surface area contributed by atoms with Gasteiger partial charge in [-0.2, -0.15) is 0 Å². The van der Waals surface area contributed by atoms with E-state index >= 15 is 0 Å². The Labute approximate surface area is 205 Å². The standard InChI is InChI=1S/C30H42O4/c1-20(31)28(3)14-13-26-24-11-8-22-18-30(32,34-19-21-6-9-23(33-5)10-7-21)17-16-27(22,2)25(24)12-15-29(26,28)4/h6-10,24-26,32H,11-19H2,1-5H3/t24-,25+,26+,27+,28-,29+,30+/m1/s1. The number of benzene rings is 1. The van der Waals surface area contributed by atoms with Crippen molar-refractivity contribution in [3.63, 3.8) is 0 Å². The molecule has 0 unspecified atom stereocenters. The van der Waals surface area contributed by atoms with Gasteiger partial charge in [-0.3, -0.25) is 4.79 Å². The van der Waals surface area contributed by atoms with Crippen molar-refractivity contribution in [3.05, 3.63) is 41.5 Å². The van der Waals surface area contributed by atoms with Crippen molar-refractivity contribution >= 4 is 5.78 Å². The van der Waals surface area contributed by atoms with Crippen molar-refractivity contribution in [1.82, 2.24) is 0 Å². The van der Waals surface area contributed by atoms with Gasteiger partial charge >= 0.3 is 0 Å². The number of rotatable bonds is 5. The third kappa shape index (κ3) is 3.51. The number of allylic oxidation sites excluding steroid dienone is 1. The zero-order chi connectivity index (χ0) is 24.4. The van der Waals surface area contributed by atoms with Crippen molar-refractivity contribution in [2.24, 2.45) is 34.0 Å². The molecule has 0 spiro atoms. The summed E-state index contributed by atoms with van der Waals surface area (Å²) in [5.41, 5.74) is 2.53. The zero-order valence-corrected chi connectivity index (χ0v) is 21.7. The van der Waals surface area contributed by atoms with E-state index in [4.69, 9.17) is 9.47 Å². The smallest absolute Gasteiger partial charge is 0.169 e. The highest BCUT2D eigenvalue weighted by Gasteiger charge is 2.64. The Balaban J connectivity index is 1.32. The summed E-state index contributed by atoms with van der Waals surface area (Å²) in [6.07, 6.45) is 10.3. The first-order chi connectivity index (χ1) is 16.0. The number of ketones is 1. The highest BCUT2D eigenvalue weighted by Crippen LogP contribution is 2.70. The van der Waals surface area contributed by atoms with Crippen LogP contribution in [0, 0.1) is 34.0 Å². The van der Waals surface area contributed by atoms with Crippen molar-refractivity contribution in [2.75, 3.05) is 7.11 Å². The van der Waals surface area contributed by atoms with Gasteiger partial charge in [-0.1, -0.05) is 44.6 Å². The summed E-state index contributed by atoms with van der Waals surface area (Å²) in [7, 11) is 1.66. The second-order valence-electron chi connectivity index (χ2n) is 12.4. The molecule has 0 aliphatic heterocycles. The van der Waals surface area contributed by atoms with E-state index in [-0.39, 0.29) is 16.2 Å². The molecule has 0 saturated heterocycles. The fraction of sp³-hybridized carbons (Fsp3) is 0.700. The van der Waals surface area contributed by atoms with Gasteiger partial charge < -0.3 is 14.6 Å². The molecule has 0 bridgehead atoms. The lowest BCUT2D eigenvalue weighted by Gasteiger charge is -2.60. The quantitative estimate of drug-likeness (QED) is 0.400. The van der Waals surface area contributed by atoms with E-state index in [2.05, 4.69) is 26.8 Å². The minimum atomic E-state index is -1.10. The molecule has 1 aromatic carbocycles. The largest absolute Gasteiger partial charge is 0.497 e. The minimum absolute atomic E-state index is 0.124. The van der Waals surface area contributed by atoms with E-state index in [0.717, 1.165) is 37.0 Å². The maximum absolute atomic E-state index is 12.7. The van der Waals surface area contributed by atoms with Crippen LogP contribution in [0.25, 0.3) is 0 Å². The Bertz CT molecular complexity index is 982. The SMILES string of the molecule is COc1ccc(CO[C@@]2(O)CC[C@@]3(C)C(=CC[C@@H]4[C@@H]3CC[C@@]3(C)[C@H]4CC[C@]3(C)C(C)=O)C2)cc1. The molecule has 3 saturated carbocycles. The average Bonchev–Trinajstić information content (AvgIpc) is 3.11. The molecule has 186 valence electrons. The third-order valence-corrected chi connectivity index (χ3v) is 11.2. The van der Waals surface area contributed by atoms with Crippen molar-refractivity contribution in [2.45, 2.75) is 91.5 Å². The molecule has 3 fully saturated rings.